The lowest BCUT2D eigenvalue weighted by Crippen LogP contribution is -2.40. The van der Waals surface area contributed by atoms with Crippen molar-refractivity contribution in [3.8, 4) is 23.0 Å². The highest BCUT2D eigenvalue weighted by atomic mass is 32.1. The van der Waals surface area contributed by atoms with E-state index in [-0.39, 0.29) is 11.5 Å². The molecule has 1 atom stereocenters. The van der Waals surface area contributed by atoms with E-state index >= 15 is 0 Å². The molecule has 0 saturated carbocycles. The molecular formula is C31H29N3O6S. The van der Waals surface area contributed by atoms with Gasteiger partial charge in [-0.3, -0.25) is 14.2 Å². The summed E-state index contributed by atoms with van der Waals surface area (Å²) in [6.07, 6.45) is 1.75. The van der Waals surface area contributed by atoms with E-state index in [9.17, 15) is 9.59 Å². The molecule has 5 rings (SSSR count). The van der Waals surface area contributed by atoms with Crippen LogP contribution in [-0.4, -0.2) is 38.9 Å². The number of nitrogens with one attached hydrogen (secondary N) is 1. The van der Waals surface area contributed by atoms with E-state index in [2.05, 4.69) is 5.32 Å². The third-order valence-electron chi connectivity index (χ3n) is 6.75. The maximum Gasteiger partial charge on any atom is 0.271 e. The second kappa shape index (κ2) is 11.7. The van der Waals surface area contributed by atoms with E-state index in [4.69, 9.17) is 23.9 Å². The number of hydrogen-bond donors (Lipinski definition) is 1. The number of ether oxygens (including phenoxy) is 4. The van der Waals surface area contributed by atoms with Crippen molar-refractivity contribution in [3.05, 3.63) is 109 Å². The number of carbonyl (C=O) groups excluding carboxylic acids is 1. The highest BCUT2D eigenvalue weighted by Crippen LogP contribution is 2.38. The van der Waals surface area contributed by atoms with Crippen molar-refractivity contribution in [1.82, 2.24) is 4.57 Å². The van der Waals surface area contributed by atoms with Crippen molar-refractivity contribution in [3.63, 3.8) is 0 Å². The molecule has 41 heavy (non-hydrogen) atoms. The van der Waals surface area contributed by atoms with Crippen LogP contribution in [0.2, 0.25) is 0 Å². The second-order valence-electron chi connectivity index (χ2n) is 9.09. The smallest absolute Gasteiger partial charge is 0.271 e. The summed E-state index contributed by atoms with van der Waals surface area (Å²) in [5.41, 5.74) is 2.43. The molecule has 1 aromatic heterocycles. The number of thiazole rings is 1. The average molecular weight is 572 g/mol. The first-order valence-corrected chi connectivity index (χ1v) is 13.5. The summed E-state index contributed by atoms with van der Waals surface area (Å²) in [7, 11) is 6.21. The van der Waals surface area contributed by atoms with E-state index in [1.165, 1.54) is 18.4 Å². The SMILES string of the molecule is COc1ccc([C@H]2C(C(=O)Nc3ccccc3)=C(C)N=c3s/c(=C\c4cccc(OC)c4OC)c(=O)n32)c(OC)c1. The maximum atomic E-state index is 14.1. The van der Waals surface area contributed by atoms with Crippen LogP contribution in [0.15, 0.2) is 87.8 Å². The van der Waals surface area contributed by atoms with Crippen LogP contribution in [0.25, 0.3) is 6.08 Å². The molecule has 0 aliphatic carbocycles. The Bertz CT molecular complexity index is 1820. The predicted molar refractivity (Wildman–Crippen MR) is 158 cm³/mol. The normalized spacial score (nSPS) is 14.7. The van der Waals surface area contributed by atoms with E-state index in [1.807, 2.05) is 30.3 Å². The average Bonchev–Trinajstić information content (AvgIpc) is 3.30. The monoisotopic (exact) mass is 571 g/mol. The van der Waals surface area contributed by atoms with E-state index in [0.29, 0.717) is 60.4 Å². The lowest BCUT2D eigenvalue weighted by Gasteiger charge is -2.26. The summed E-state index contributed by atoms with van der Waals surface area (Å²) in [5, 5.41) is 2.95. The number of nitrogens with zero attached hydrogens (tertiary/aromatic N) is 2. The summed E-state index contributed by atoms with van der Waals surface area (Å²) in [6, 6.07) is 19.1. The Hall–Kier alpha value is -4.83. The van der Waals surface area contributed by atoms with Gasteiger partial charge in [0.25, 0.3) is 11.5 Å². The van der Waals surface area contributed by atoms with Gasteiger partial charge in [-0.1, -0.05) is 41.7 Å². The molecular weight excluding hydrogens is 542 g/mol. The van der Waals surface area contributed by atoms with E-state index in [1.54, 1.807) is 75.3 Å². The van der Waals surface area contributed by atoms with Gasteiger partial charge < -0.3 is 24.3 Å². The number of para-hydroxylation sites is 2. The third-order valence-corrected chi connectivity index (χ3v) is 7.74. The molecule has 0 radical (unpaired) electrons. The number of fused-ring (bicyclic) bond motifs is 1. The molecule has 0 spiro atoms. The van der Waals surface area contributed by atoms with Gasteiger partial charge in [0.05, 0.1) is 44.2 Å². The van der Waals surface area contributed by atoms with Crippen molar-refractivity contribution in [2.24, 2.45) is 4.99 Å². The minimum Gasteiger partial charge on any atom is -0.497 e. The van der Waals surface area contributed by atoms with Gasteiger partial charge in [0, 0.05) is 22.9 Å². The minimum absolute atomic E-state index is 0.306. The molecule has 0 unspecified atom stereocenters. The number of rotatable bonds is 8. The Morgan fingerprint density at radius 2 is 1.68 bits per heavy atom. The van der Waals surface area contributed by atoms with Crippen molar-refractivity contribution < 1.29 is 23.7 Å². The molecule has 2 heterocycles. The van der Waals surface area contributed by atoms with E-state index < -0.39 is 6.04 Å². The van der Waals surface area contributed by atoms with Gasteiger partial charge in [0.2, 0.25) is 0 Å². The number of amides is 1. The van der Waals surface area contributed by atoms with Crippen LogP contribution in [0, 0.1) is 0 Å². The highest BCUT2D eigenvalue weighted by molar-refractivity contribution is 7.07. The number of anilines is 1. The van der Waals surface area contributed by atoms with Gasteiger partial charge in [0.1, 0.15) is 17.5 Å². The largest absolute Gasteiger partial charge is 0.497 e. The summed E-state index contributed by atoms with van der Waals surface area (Å²) in [5.74, 6) is 1.74. The third kappa shape index (κ3) is 5.21. The summed E-state index contributed by atoms with van der Waals surface area (Å²) < 4.78 is 24.1. The van der Waals surface area contributed by atoms with Crippen LogP contribution in [0.3, 0.4) is 0 Å². The zero-order valence-corrected chi connectivity index (χ0v) is 24.1. The molecule has 9 nitrogen and oxygen atoms in total. The molecule has 10 heteroatoms. The Kier molecular flexibility index (Phi) is 7.93. The number of carbonyl (C=O) groups is 1. The second-order valence-corrected chi connectivity index (χ2v) is 10.1. The zero-order chi connectivity index (χ0) is 29.1. The number of hydrogen-bond acceptors (Lipinski definition) is 8. The molecule has 1 N–H and O–H groups in total. The fourth-order valence-electron chi connectivity index (χ4n) is 4.84. The number of aromatic nitrogens is 1. The van der Waals surface area contributed by atoms with Crippen LogP contribution < -0.4 is 39.2 Å². The maximum absolute atomic E-state index is 14.1. The van der Waals surface area contributed by atoms with Crippen molar-refractivity contribution in [2.75, 3.05) is 33.8 Å². The van der Waals surface area contributed by atoms with Gasteiger partial charge in [-0.25, -0.2) is 4.99 Å². The Morgan fingerprint density at radius 1 is 0.927 bits per heavy atom. The van der Waals surface area contributed by atoms with Crippen LogP contribution in [0.5, 0.6) is 23.0 Å². The van der Waals surface area contributed by atoms with E-state index in [0.717, 1.165) is 0 Å². The number of benzene rings is 3. The van der Waals surface area contributed by atoms with Crippen molar-refractivity contribution >= 4 is 29.0 Å². The molecule has 3 aromatic carbocycles. The molecule has 1 aliphatic rings. The molecule has 0 fully saturated rings. The van der Waals surface area contributed by atoms with Gasteiger partial charge in [-0.05, 0) is 43.3 Å². The molecule has 0 saturated heterocycles. The first-order valence-electron chi connectivity index (χ1n) is 12.7. The fourth-order valence-corrected chi connectivity index (χ4v) is 5.87. The van der Waals surface area contributed by atoms with Crippen molar-refractivity contribution in [1.29, 1.82) is 0 Å². The van der Waals surface area contributed by atoms with Crippen molar-refractivity contribution in [2.45, 2.75) is 13.0 Å². The fraction of sp³-hybridized carbons (Fsp3) is 0.194. The lowest BCUT2D eigenvalue weighted by atomic mass is 9.94. The number of allylic oxidation sites excluding steroid dienone is 1. The Balaban J connectivity index is 1.74. The minimum atomic E-state index is -0.815. The lowest BCUT2D eigenvalue weighted by molar-refractivity contribution is -0.113. The highest BCUT2D eigenvalue weighted by Gasteiger charge is 2.34. The number of methoxy groups -OCH3 is 4. The molecule has 0 bridgehead atoms. The van der Waals surface area contributed by atoms with Crippen LogP contribution in [-0.2, 0) is 4.79 Å². The van der Waals surface area contributed by atoms with Crippen LogP contribution in [0.1, 0.15) is 24.1 Å². The topological polar surface area (TPSA) is 100 Å². The first kappa shape index (κ1) is 27.7. The van der Waals surface area contributed by atoms with Gasteiger partial charge >= 0.3 is 0 Å². The quantitative estimate of drug-likeness (QED) is 0.344. The standard InChI is InChI=1S/C31H29N3O6S/c1-18-26(29(35)33-20-11-7-6-8-12-20)27(22-15-14-21(37-2)17-24(22)39-4)34-30(36)25(41-31(34)32-18)16-19-10-9-13-23(38-3)28(19)40-5/h6-17,27H,1-5H3,(H,33,35)/b25-16-/t27-/m0/s1. The summed E-state index contributed by atoms with van der Waals surface area (Å²) in [4.78, 5) is 33.1. The molecule has 1 amide bonds. The molecule has 4 aromatic rings. The zero-order valence-electron chi connectivity index (χ0n) is 23.3. The Labute approximate surface area is 240 Å². The van der Waals surface area contributed by atoms with Gasteiger partial charge in [0.15, 0.2) is 16.3 Å². The predicted octanol–water partition coefficient (Wildman–Crippen LogP) is 3.91. The van der Waals surface area contributed by atoms with Gasteiger partial charge in [-0.15, -0.1) is 0 Å². The first-order chi connectivity index (χ1) is 19.9. The summed E-state index contributed by atoms with van der Waals surface area (Å²) >= 11 is 1.23. The van der Waals surface area contributed by atoms with Crippen LogP contribution in [0.4, 0.5) is 5.69 Å². The summed E-state index contributed by atoms with van der Waals surface area (Å²) in [6.45, 7) is 1.77. The molecule has 210 valence electrons. The Morgan fingerprint density at radius 3 is 2.37 bits per heavy atom. The van der Waals surface area contributed by atoms with Gasteiger partial charge in [-0.2, -0.15) is 0 Å². The van der Waals surface area contributed by atoms with Crippen LogP contribution >= 0.6 is 11.3 Å². The molecule has 1 aliphatic heterocycles.